The zero-order valence-electron chi connectivity index (χ0n) is 14.5. The van der Waals surface area contributed by atoms with Crippen LogP contribution in [0.5, 0.6) is 0 Å². The molecule has 7 nitrogen and oxygen atoms in total. The van der Waals surface area contributed by atoms with E-state index in [1.807, 2.05) is 51.1 Å². The second kappa shape index (κ2) is 6.98. The van der Waals surface area contributed by atoms with Crippen LogP contribution in [0, 0.1) is 20.8 Å². The second-order valence-electron chi connectivity index (χ2n) is 6.13. The molecular weight excluding hydrogens is 318 g/mol. The number of carbonyl (C=O) groups is 1. The number of nitrogens with zero attached hydrogens (tertiary/aromatic N) is 4. The van der Waals surface area contributed by atoms with Crippen LogP contribution in [0.1, 0.15) is 34.4 Å². The van der Waals surface area contributed by atoms with E-state index in [0.29, 0.717) is 11.6 Å². The average molecular weight is 339 g/mol. The van der Waals surface area contributed by atoms with Gasteiger partial charge in [0.25, 0.3) is 5.78 Å². The molecule has 0 saturated heterocycles. The summed E-state index contributed by atoms with van der Waals surface area (Å²) in [5.41, 5.74) is 3.57. The first-order chi connectivity index (χ1) is 11.9. The largest absolute Gasteiger partial charge is 0.387 e. The van der Waals surface area contributed by atoms with Gasteiger partial charge in [0.1, 0.15) is 0 Å². The summed E-state index contributed by atoms with van der Waals surface area (Å²) in [7, 11) is 0. The number of benzene rings is 1. The third kappa shape index (κ3) is 3.83. The number of aromatic nitrogens is 4. The van der Waals surface area contributed by atoms with Gasteiger partial charge >= 0.3 is 0 Å². The van der Waals surface area contributed by atoms with Crippen molar-refractivity contribution < 1.29 is 9.90 Å². The van der Waals surface area contributed by atoms with Crippen LogP contribution in [0.25, 0.3) is 5.78 Å². The maximum atomic E-state index is 12.1. The van der Waals surface area contributed by atoms with E-state index in [-0.39, 0.29) is 18.9 Å². The number of fused-ring (bicyclic) bond motifs is 1. The fourth-order valence-electron chi connectivity index (χ4n) is 2.77. The van der Waals surface area contributed by atoms with Crippen molar-refractivity contribution in [3.63, 3.8) is 0 Å². The van der Waals surface area contributed by atoms with Gasteiger partial charge in [-0.2, -0.15) is 4.98 Å². The smallest absolute Gasteiger partial charge is 0.252 e. The molecular formula is C18H21N5O2. The Morgan fingerprint density at radius 1 is 1.24 bits per heavy atom. The fraction of sp³-hybridized carbons (Fsp3) is 0.333. The van der Waals surface area contributed by atoms with Gasteiger partial charge in [-0.1, -0.05) is 24.3 Å². The second-order valence-corrected chi connectivity index (χ2v) is 6.13. The van der Waals surface area contributed by atoms with E-state index in [1.165, 1.54) is 0 Å². The van der Waals surface area contributed by atoms with Crippen LogP contribution in [0.3, 0.4) is 0 Å². The van der Waals surface area contributed by atoms with Crippen molar-refractivity contribution >= 4 is 11.7 Å². The number of carbonyl (C=O) groups excluding carboxylic acids is 1. The van der Waals surface area contributed by atoms with Gasteiger partial charge < -0.3 is 10.4 Å². The lowest BCUT2D eigenvalue weighted by Gasteiger charge is -2.14. The van der Waals surface area contributed by atoms with Gasteiger partial charge in [-0.3, -0.25) is 4.79 Å². The molecule has 1 aromatic carbocycles. The molecule has 7 heteroatoms. The van der Waals surface area contributed by atoms with Crippen LogP contribution < -0.4 is 5.32 Å². The van der Waals surface area contributed by atoms with Crippen molar-refractivity contribution in [1.82, 2.24) is 24.9 Å². The molecule has 0 spiro atoms. The van der Waals surface area contributed by atoms with E-state index in [9.17, 15) is 9.90 Å². The molecule has 0 bridgehead atoms. The fourth-order valence-corrected chi connectivity index (χ4v) is 2.77. The van der Waals surface area contributed by atoms with E-state index in [4.69, 9.17) is 0 Å². The SMILES string of the molecule is Cc1cc(C)n2nc(CC(=O)NCC(O)c3ccccc3C)nc2n1. The standard InChI is InChI=1S/C18H21N5O2/c1-11-6-4-5-7-14(11)15(24)10-19-17(25)9-16-21-18-20-12(2)8-13(3)23(18)22-16/h4-8,15,24H,9-10H2,1-3H3,(H,19,25). The minimum Gasteiger partial charge on any atom is -0.387 e. The monoisotopic (exact) mass is 339 g/mol. The summed E-state index contributed by atoms with van der Waals surface area (Å²) in [5, 5.41) is 17.3. The Balaban J connectivity index is 1.63. The number of amides is 1. The molecule has 3 rings (SSSR count). The maximum absolute atomic E-state index is 12.1. The Bertz CT molecular complexity index is 919. The van der Waals surface area contributed by atoms with Crippen LogP contribution in [-0.4, -0.2) is 37.1 Å². The number of aliphatic hydroxyl groups excluding tert-OH is 1. The maximum Gasteiger partial charge on any atom is 0.252 e. The lowest BCUT2D eigenvalue weighted by atomic mass is 10.0. The zero-order chi connectivity index (χ0) is 18.0. The zero-order valence-corrected chi connectivity index (χ0v) is 14.5. The predicted octanol–water partition coefficient (Wildman–Crippen LogP) is 1.44. The summed E-state index contributed by atoms with van der Waals surface area (Å²) in [6, 6.07) is 9.47. The Hall–Kier alpha value is -2.80. The van der Waals surface area contributed by atoms with Gasteiger partial charge in [0.15, 0.2) is 5.82 Å². The van der Waals surface area contributed by atoms with Crippen LogP contribution in [0.15, 0.2) is 30.3 Å². The molecule has 3 aromatic rings. The number of hydrogen-bond acceptors (Lipinski definition) is 5. The van der Waals surface area contributed by atoms with Crippen LogP contribution in [0.4, 0.5) is 0 Å². The average Bonchev–Trinajstić information content (AvgIpc) is 2.95. The Labute approximate surface area is 145 Å². The number of hydrogen-bond donors (Lipinski definition) is 2. The summed E-state index contributed by atoms with van der Waals surface area (Å²) in [6.07, 6.45) is -0.701. The van der Waals surface area contributed by atoms with E-state index >= 15 is 0 Å². The molecule has 0 aliphatic carbocycles. The number of nitrogens with one attached hydrogen (secondary N) is 1. The molecule has 0 aliphatic heterocycles. The third-order valence-electron chi connectivity index (χ3n) is 4.02. The molecule has 25 heavy (non-hydrogen) atoms. The Kier molecular flexibility index (Phi) is 4.76. The van der Waals surface area contributed by atoms with Crippen LogP contribution >= 0.6 is 0 Å². The summed E-state index contributed by atoms with van der Waals surface area (Å²) in [5.74, 6) is 0.655. The van der Waals surface area contributed by atoms with Crippen molar-refractivity contribution in [3.05, 3.63) is 58.7 Å². The molecule has 0 fully saturated rings. The van der Waals surface area contributed by atoms with E-state index in [0.717, 1.165) is 22.5 Å². The van der Waals surface area contributed by atoms with Gasteiger partial charge in [-0.05, 0) is 38.0 Å². The Morgan fingerprint density at radius 2 is 2.00 bits per heavy atom. The molecule has 0 saturated carbocycles. The molecule has 1 unspecified atom stereocenters. The molecule has 1 atom stereocenters. The first-order valence-corrected chi connectivity index (χ1v) is 8.14. The minimum atomic E-state index is -0.745. The first-order valence-electron chi connectivity index (χ1n) is 8.14. The summed E-state index contributed by atoms with van der Waals surface area (Å²) < 4.78 is 1.62. The Morgan fingerprint density at radius 3 is 2.76 bits per heavy atom. The molecule has 2 heterocycles. The van der Waals surface area contributed by atoms with Crippen molar-refractivity contribution in [2.75, 3.05) is 6.54 Å². The van der Waals surface area contributed by atoms with Gasteiger partial charge in [0.05, 0.1) is 12.5 Å². The third-order valence-corrected chi connectivity index (χ3v) is 4.02. The highest BCUT2D eigenvalue weighted by Gasteiger charge is 2.14. The molecule has 1 amide bonds. The van der Waals surface area contributed by atoms with Gasteiger partial charge in [0, 0.05) is 17.9 Å². The lowest BCUT2D eigenvalue weighted by molar-refractivity contribution is -0.121. The molecule has 2 N–H and O–H groups in total. The first kappa shape index (κ1) is 17.0. The topological polar surface area (TPSA) is 92.4 Å². The van der Waals surface area contributed by atoms with Crippen LogP contribution in [-0.2, 0) is 11.2 Å². The molecule has 0 radical (unpaired) electrons. The quantitative estimate of drug-likeness (QED) is 0.734. The van der Waals surface area contributed by atoms with Crippen LogP contribution in [0.2, 0.25) is 0 Å². The van der Waals surface area contributed by atoms with Gasteiger partial charge in [0.2, 0.25) is 5.91 Å². The highest BCUT2D eigenvalue weighted by atomic mass is 16.3. The van der Waals surface area contributed by atoms with Crippen molar-refractivity contribution in [1.29, 1.82) is 0 Å². The van der Waals surface area contributed by atoms with Gasteiger partial charge in [-0.25, -0.2) is 9.50 Å². The summed E-state index contributed by atoms with van der Waals surface area (Å²) in [6.45, 7) is 5.88. The number of rotatable bonds is 5. The summed E-state index contributed by atoms with van der Waals surface area (Å²) in [4.78, 5) is 20.7. The summed E-state index contributed by atoms with van der Waals surface area (Å²) >= 11 is 0. The number of aliphatic hydroxyl groups is 1. The molecule has 2 aromatic heterocycles. The lowest BCUT2D eigenvalue weighted by Crippen LogP contribution is -2.30. The number of aryl methyl sites for hydroxylation is 3. The van der Waals surface area contributed by atoms with Gasteiger partial charge in [-0.15, -0.1) is 5.10 Å². The van der Waals surface area contributed by atoms with E-state index in [1.54, 1.807) is 4.52 Å². The minimum absolute atomic E-state index is 0.0440. The normalized spacial score (nSPS) is 12.3. The van der Waals surface area contributed by atoms with E-state index < -0.39 is 6.10 Å². The van der Waals surface area contributed by atoms with Crippen molar-refractivity contribution in [2.45, 2.75) is 33.3 Å². The van der Waals surface area contributed by atoms with Crippen molar-refractivity contribution in [2.24, 2.45) is 0 Å². The molecule has 130 valence electrons. The predicted molar refractivity (Wildman–Crippen MR) is 93.1 cm³/mol. The van der Waals surface area contributed by atoms with Crippen molar-refractivity contribution in [3.8, 4) is 0 Å². The molecule has 0 aliphatic rings. The van der Waals surface area contributed by atoms with E-state index in [2.05, 4.69) is 20.4 Å². The highest BCUT2D eigenvalue weighted by Crippen LogP contribution is 2.16. The highest BCUT2D eigenvalue weighted by molar-refractivity contribution is 5.77.